The van der Waals surface area contributed by atoms with E-state index in [0.717, 1.165) is 41.8 Å². The summed E-state index contributed by atoms with van der Waals surface area (Å²) in [7, 11) is 0. The Labute approximate surface area is 328 Å². The largest absolute Gasteiger partial charge is 0.631 e. The van der Waals surface area contributed by atoms with Gasteiger partial charge in [-0.25, -0.2) is 0 Å². The van der Waals surface area contributed by atoms with Gasteiger partial charge in [0.15, 0.2) is 0 Å². The van der Waals surface area contributed by atoms with Crippen molar-refractivity contribution in [1.29, 1.82) is 0 Å². The molecule has 11 aliphatic rings. The topological polar surface area (TPSA) is 44.6 Å². The summed E-state index contributed by atoms with van der Waals surface area (Å²) >= 11 is 0. The minimum Gasteiger partial charge on any atom is -0.631 e. The summed E-state index contributed by atoms with van der Waals surface area (Å²) in [6.45, 7) is 0. The fourth-order valence-electron chi connectivity index (χ4n) is 15.4. The third kappa shape index (κ3) is 6.18. The molecule has 294 valence electrons. The lowest BCUT2D eigenvalue weighted by Crippen LogP contribution is -2.62. The van der Waals surface area contributed by atoms with Crippen LogP contribution < -0.4 is 10.6 Å². The summed E-state index contributed by atoms with van der Waals surface area (Å²) in [6, 6.07) is 4.32. The van der Waals surface area contributed by atoms with Crippen LogP contribution in [0.4, 0.5) is 0 Å². The van der Waals surface area contributed by atoms with Crippen LogP contribution in [-0.4, -0.2) is 64.5 Å². The minimum atomic E-state index is 0.260. The van der Waals surface area contributed by atoms with Crippen LogP contribution in [0.5, 0.6) is 0 Å². The molecule has 0 aromatic carbocycles. The summed E-state index contributed by atoms with van der Waals surface area (Å²) in [4.78, 5) is 6.60. The zero-order valence-corrected chi connectivity index (χ0v) is 33.5. The predicted octanol–water partition coefficient (Wildman–Crippen LogP) is 10.4. The van der Waals surface area contributed by atoms with Gasteiger partial charge in [0.25, 0.3) is 0 Å². The second kappa shape index (κ2) is 15.3. The molecule has 8 aliphatic carbocycles. The van der Waals surface area contributed by atoms with Gasteiger partial charge in [0.2, 0.25) is 0 Å². The van der Waals surface area contributed by atoms with Crippen LogP contribution >= 0.6 is 0 Å². The Morgan fingerprint density at radius 1 is 0.574 bits per heavy atom. The summed E-state index contributed by atoms with van der Waals surface area (Å²) < 4.78 is 0. The molecule has 2 N–H and O–H groups in total. The molecule has 54 heavy (non-hydrogen) atoms. The molecule has 3 aliphatic heterocycles. The third-order valence-electron chi connectivity index (χ3n) is 17.6. The normalized spacial score (nSPS) is 46.1. The summed E-state index contributed by atoms with van der Waals surface area (Å²) in [6.07, 6.45) is 52.2. The lowest BCUT2D eigenvalue weighted by molar-refractivity contribution is 0.00756. The molecule has 0 spiro atoms. The van der Waals surface area contributed by atoms with Gasteiger partial charge in [0.05, 0.1) is 6.17 Å². The van der Waals surface area contributed by atoms with Gasteiger partial charge in [0.1, 0.15) is 0 Å². The van der Waals surface area contributed by atoms with Crippen molar-refractivity contribution >= 4 is 0 Å². The Hall–Kier alpha value is -1.50. The van der Waals surface area contributed by atoms with E-state index in [1.54, 1.807) is 5.57 Å². The fraction of sp³-hybridized carbons (Fsp3) is 0.796. The van der Waals surface area contributed by atoms with E-state index in [-0.39, 0.29) is 12.3 Å². The first-order chi connectivity index (χ1) is 26.8. The highest BCUT2D eigenvalue weighted by Gasteiger charge is 2.64. The Balaban J connectivity index is 0.923. The molecule has 0 bridgehead atoms. The van der Waals surface area contributed by atoms with Crippen LogP contribution in [0.15, 0.2) is 59.3 Å². The first kappa shape index (κ1) is 35.6. The molecule has 0 aromatic heterocycles. The highest BCUT2D eigenvalue weighted by molar-refractivity contribution is 5.40. The molecule has 3 heterocycles. The van der Waals surface area contributed by atoms with Crippen molar-refractivity contribution < 1.29 is 0 Å². The Morgan fingerprint density at radius 2 is 1.31 bits per heavy atom. The second-order valence-corrected chi connectivity index (χ2v) is 20.2. The molecule has 0 amide bonds. The van der Waals surface area contributed by atoms with Crippen molar-refractivity contribution in [2.75, 3.05) is 0 Å². The number of nitrogens with one attached hydrogen (secondary N) is 2. The summed E-state index contributed by atoms with van der Waals surface area (Å²) in [5.41, 5.74) is 5.66. The van der Waals surface area contributed by atoms with Crippen molar-refractivity contribution in [2.24, 2.45) is 35.5 Å². The third-order valence-corrected chi connectivity index (χ3v) is 17.6. The lowest BCUT2D eigenvalue weighted by atomic mass is 9.61. The van der Waals surface area contributed by atoms with Crippen molar-refractivity contribution in [3.05, 3.63) is 64.6 Å². The smallest absolute Gasteiger partial charge is 0.0768 e. The van der Waals surface area contributed by atoms with Crippen molar-refractivity contribution in [3.63, 3.8) is 0 Å². The van der Waals surface area contributed by atoms with Crippen LogP contribution in [0.25, 0.3) is 5.32 Å². The molecule has 5 fully saturated rings. The van der Waals surface area contributed by atoms with Gasteiger partial charge in [-0.2, -0.15) is 0 Å². The van der Waals surface area contributed by atoms with Gasteiger partial charge in [-0.05, 0) is 126 Å². The maximum absolute atomic E-state index is 5.55. The van der Waals surface area contributed by atoms with Crippen LogP contribution in [-0.2, 0) is 0 Å². The number of hydrogen-bond donors (Lipinski definition) is 2. The number of fused-ring (bicyclic) bond motifs is 9. The van der Waals surface area contributed by atoms with Gasteiger partial charge in [0, 0.05) is 54.0 Å². The monoisotopic (exact) mass is 731 g/mol. The molecule has 0 radical (unpaired) electrons. The Kier molecular flexibility index (Phi) is 10.1. The van der Waals surface area contributed by atoms with Crippen molar-refractivity contribution in [3.8, 4) is 0 Å². The summed E-state index contributed by atoms with van der Waals surface area (Å²) in [5, 5.41) is 13.8. The van der Waals surface area contributed by atoms with Gasteiger partial charge in [-0.1, -0.05) is 117 Å². The van der Waals surface area contributed by atoms with E-state index in [9.17, 15) is 0 Å². The molecule has 13 unspecified atom stereocenters. The molecule has 5 heteroatoms. The van der Waals surface area contributed by atoms with E-state index in [0.29, 0.717) is 36.1 Å². The molecule has 0 aromatic rings. The quantitative estimate of drug-likeness (QED) is 0.277. The highest BCUT2D eigenvalue weighted by Crippen LogP contribution is 2.62. The molecule has 11 rings (SSSR count). The van der Waals surface area contributed by atoms with E-state index in [4.69, 9.17) is 5.32 Å². The molecule has 3 saturated heterocycles. The van der Waals surface area contributed by atoms with E-state index in [2.05, 4.69) is 63.0 Å². The second-order valence-electron chi connectivity index (χ2n) is 20.2. The van der Waals surface area contributed by atoms with Crippen LogP contribution in [0, 0.1) is 35.5 Å². The fourth-order valence-corrected chi connectivity index (χ4v) is 15.4. The number of allylic oxidation sites excluding steroid dienone is 3. The zero-order valence-electron chi connectivity index (χ0n) is 33.5. The lowest BCUT2D eigenvalue weighted by Gasteiger charge is -2.56. The zero-order chi connectivity index (χ0) is 35.6. The number of hydrogen-bond acceptors (Lipinski definition) is 4. The maximum atomic E-state index is 5.55. The summed E-state index contributed by atoms with van der Waals surface area (Å²) in [5.74, 6) is 4.41. The van der Waals surface area contributed by atoms with E-state index in [1.165, 1.54) is 154 Å². The number of rotatable bonds is 5. The average molecular weight is 731 g/mol. The number of nitrogens with zero attached hydrogens (tertiary/aromatic N) is 3. The first-order valence-electron chi connectivity index (χ1n) is 24.0. The van der Waals surface area contributed by atoms with E-state index in [1.807, 2.05) is 11.1 Å². The predicted molar refractivity (Wildman–Crippen MR) is 222 cm³/mol. The average Bonchev–Trinajstić information content (AvgIpc) is 3.79. The maximum Gasteiger partial charge on any atom is 0.0768 e. The standard InChI is InChI=1S/C49H72N5/c1-4-16-32(17-5-1)47-50-48(33-18-6-2-7-19-33)52-49(51-47)34-28-30-36(31-29-34)54-42-27-15-13-25-40(42)44-38-23-11-10-22-37(38)43-39-24-12-14-26-41(39)53(45(43)46(44)54)35-20-8-3-9-21-35/h4,13-14,16,25-26,28,32-33,35-36,39-49,51-52H,1-3,5-12,15,17-24,27,29-31H2/q-1. The first-order valence-corrected chi connectivity index (χ1v) is 24.0. The van der Waals surface area contributed by atoms with E-state index < -0.39 is 0 Å². The number of likely N-dealkylation sites (tertiary alicyclic amines) is 2. The van der Waals surface area contributed by atoms with Gasteiger partial charge >= 0.3 is 0 Å². The molecule has 13 atom stereocenters. The van der Waals surface area contributed by atoms with Crippen molar-refractivity contribution in [1.82, 2.24) is 20.4 Å². The minimum absolute atomic E-state index is 0.260. The van der Waals surface area contributed by atoms with Crippen molar-refractivity contribution in [2.45, 2.75) is 209 Å². The van der Waals surface area contributed by atoms with E-state index >= 15 is 0 Å². The Morgan fingerprint density at radius 3 is 2.11 bits per heavy atom. The Bertz CT molecular complexity index is 1510. The highest BCUT2D eigenvalue weighted by atomic mass is 15.4. The van der Waals surface area contributed by atoms with Crippen LogP contribution in [0.2, 0.25) is 0 Å². The van der Waals surface area contributed by atoms with Crippen LogP contribution in [0.3, 0.4) is 0 Å². The van der Waals surface area contributed by atoms with Gasteiger partial charge in [-0.15, -0.1) is 0 Å². The van der Waals surface area contributed by atoms with Gasteiger partial charge in [-0.3, -0.25) is 9.80 Å². The van der Waals surface area contributed by atoms with Gasteiger partial charge < -0.3 is 16.0 Å². The van der Waals surface area contributed by atoms with Crippen LogP contribution in [0.1, 0.15) is 154 Å². The molecule has 5 nitrogen and oxygen atoms in total. The molecular weight excluding hydrogens is 659 g/mol. The molecule has 2 saturated carbocycles. The molecular formula is C49H72N5-. The SMILES string of the molecule is C1=CC(C2[N-]C(C3CCCCC3)NC(C3=CCC(N4C5CCC=CC5C5C6=C(CCCC6)C6C7CCC=CC7N(C7CCCCC7)C6C54)CC3)N2)CCC1.